The largest absolute Gasteiger partial charge is 0.390 e. The van der Waals surface area contributed by atoms with E-state index < -0.39 is 12.1 Å². The van der Waals surface area contributed by atoms with E-state index in [4.69, 9.17) is 15.0 Å². The summed E-state index contributed by atoms with van der Waals surface area (Å²) in [6.45, 7) is 0.392. The molecule has 0 saturated carbocycles. The number of hydrogen-bond donors (Lipinski definition) is 1. The van der Waals surface area contributed by atoms with Gasteiger partial charge in [-0.25, -0.2) is 0 Å². The van der Waals surface area contributed by atoms with Crippen LogP contribution in [0, 0.1) is 0 Å². The Morgan fingerprint density at radius 2 is 2.42 bits per heavy atom. The Kier molecular flexibility index (Phi) is 1.90. The number of fused-ring (bicyclic) bond motifs is 2. The lowest BCUT2D eigenvalue weighted by Crippen LogP contribution is -2.43. The fourth-order valence-electron chi connectivity index (χ4n) is 1.54. The predicted molar refractivity (Wildman–Crippen MR) is 38.2 cm³/mol. The fraction of sp³-hybridized carbons (Fsp3) is 1.00. The topological polar surface area (TPSA) is 87.5 Å². The van der Waals surface area contributed by atoms with Crippen molar-refractivity contribution in [2.75, 3.05) is 6.61 Å². The van der Waals surface area contributed by atoms with Crippen LogP contribution in [0.5, 0.6) is 0 Å². The highest BCUT2D eigenvalue weighted by atomic mass is 16.7. The van der Waals surface area contributed by atoms with Crippen LogP contribution in [0.3, 0.4) is 0 Å². The van der Waals surface area contributed by atoms with Gasteiger partial charge < -0.3 is 14.6 Å². The van der Waals surface area contributed by atoms with Crippen LogP contribution in [-0.4, -0.2) is 36.3 Å². The molecule has 0 aromatic rings. The molecule has 1 N–H and O–H groups in total. The zero-order valence-electron chi connectivity index (χ0n) is 6.33. The van der Waals surface area contributed by atoms with E-state index in [1.807, 2.05) is 0 Å². The summed E-state index contributed by atoms with van der Waals surface area (Å²) in [4.78, 5) is 2.66. The van der Waals surface area contributed by atoms with Crippen molar-refractivity contribution in [2.24, 2.45) is 5.11 Å². The maximum Gasteiger partial charge on any atom is 0.158 e. The van der Waals surface area contributed by atoms with Crippen molar-refractivity contribution in [3.8, 4) is 0 Å². The number of rotatable bonds is 1. The highest BCUT2D eigenvalue weighted by Gasteiger charge is 2.42. The van der Waals surface area contributed by atoms with Crippen molar-refractivity contribution in [1.82, 2.24) is 0 Å². The van der Waals surface area contributed by atoms with Gasteiger partial charge in [-0.15, -0.1) is 0 Å². The van der Waals surface area contributed by atoms with E-state index in [0.29, 0.717) is 13.0 Å². The molecule has 0 radical (unpaired) electrons. The van der Waals surface area contributed by atoms with E-state index in [-0.39, 0.29) is 12.4 Å². The Labute approximate surface area is 68.7 Å². The summed E-state index contributed by atoms with van der Waals surface area (Å²) in [5, 5.41) is 13.0. The predicted octanol–water partition coefficient (Wildman–Crippen LogP) is 0.171. The molecular weight excluding hydrogens is 162 g/mol. The zero-order chi connectivity index (χ0) is 8.55. The second kappa shape index (κ2) is 2.91. The van der Waals surface area contributed by atoms with Gasteiger partial charge >= 0.3 is 0 Å². The summed E-state index contributed by atoms with van der Waals surface area (Å²) in [6.07, 6.45) is -0.894. The highest BCUT2D eigenvalue weighted by Crippen LogP contribution is 2.29. The van der Waals surface area contributed by atoms with Crippen molar-refractivity contribution >= 4 is 0 Å². The van der Waals surface area contributed by atoms with Gasteiger partial charge in [0.25, 0.3) is 0 Å². The first-order chi connectivity index (χ1) is 5.81. The first-order valence-corrected chi connectivity index (χ1v) is 3.80. The Morgan fingerprint density at radius 3 is 3.17 bits per heavy atom. The van der Waals surface area contributed by atoms with Gasteiger partial charge in [-0.05, 0) is 5.53 Å². The molecule has 0 aromatic carbocycles. The van der Waals surface area contributed by atoms with E-state index in [1.165, 1.54) is 0 Å². The number of aliphatic hydroxyl groups excluding tert-OH is 1. The highest BCUT2D eigenvalue weighted by molar-refractivity contribution is 4.91. The van der Waals surface area contributed by atoms with Crippen molar-refractivity contribution in [3.63, 3.8) is 0 Å². The third-order valence-electron chi connectivity index (χ3n) is 2.18. The van der Waals surface area contributed by atoms with Gasteiger partial charge in [0.15, 0.2) is 6.29 Å². The van der Waals surface area contributed by atoms with Crippen LogP contribution in [0.2, 0.25) is 0 Å². The van der Waals surface area contributed by atoms with Crippen LogP contribution < -0.4 is 0 Å². The second-order valence-corrected chi connectivity index (χ2v) is 2.94. The molecule has 0 aromatic heterocycles. The van der Waals surface area contributed by atoms with Gasteiger partial charge in [-0.1, -0.05) is 5.11 Å². The normalized spacial score (nSPS) is 45.4. The number of nitrogens with zero attached hydrogens (tertiary/aromatic N) is 3. The first-order valence-electron chi connectivity index (χ1n) is 3.80. The molecule has 6 nitrogen and oxygen atoms in total. The van der Waals surface area contributed by atoms with Crippen molar-refractivity contribution < 1.29 is 14.6 Å². The Morgan fingerprint density at radius 1 is 1.58 bits per heavy atom. The van der Waals surface area contributed by atoms with Gasteiger partial charge in [0.2, 0.25) is 0 Å². The summed E-state index contributed by atoms with van der Waals surface area (Å²) in [5.74, 6) is 0. The van der Waals surface area contributed by atoms with Crippen LogP contribution in [-0.2, 0) is 9.47 Å². The van der Waals surface area contributed by atoms with E-state index >= 15 is 0 Å². The average Bonchev–Trinajstić information content (AvgIpc) is 2.45. The molecule has 4 atom stereocenters. The fourth-order valence-corrected chi connectivity index (χ4v) is 1.54. The number of hydrogen-bond acceptors (Lipinski definition) is 4. The smallest absolute Gasteiger partial charge is 0.158 e. The van der Waals surface area contributed by atoms with E-state index in [9.17, 15) is 5.11 Å². The minimum absolute atomic E-state index is 0.297. The number of ether oxygens (including phenoxy) is 2. The molecule has 0 amide bonds. The Balaban J connectivity index is 2.12. The Bertz CT molecular complexity index is 228. The van der Waals surface area contributed by atoms with Gasteiger partial charge in [0, 0.05) is 11.3 Å². The summed E-state index contributed by atoms with van der Waals surface area (Å²) in [5.41, 5.74) is 8.19. The van der Waals surface area contributed by atoms with Crippen molar-refractivity contribution in [2.45, 2.75) is 31.0 Å². The molecule has 2 rings (SSSR count). The standard InChI is InChI=1S/C6H9N3O3/c7-9-8-3-1-5-11-2-4(12-5)6(3)10/h3-6,10H,1-2H2/t3-,4+,5+,6+/m0/s1. The number of azide groups is 1. The minimum atomic E-state index is -0.723. The monoisotopic (exact) mass is 171 g/mol. The summed E-state index contributed by atoms with van der Waals surface area (Å²) >= 11 is 0. The summed E-state index contributed by atoms with van der Waals surface area (Å²) in [7, 11) is 0. The Hall–Kier alpha value is -0.810. The summed E-state index contributed by atoms with van der Waals surface area (Å²) < 4.78 is 10.4. The maximum absolute atomic E-state index is 9.52. The van der Waals surface area contributed by atoms with Gasteiger partial charge in [-0.3, -0.25) is 0 Å². The lowest BCUT2D eigenvalue weighted by molar-refractivity contribution is -0.126. The van der Waals surface area contributed by atoms with Crippen LogP contribution in [0.25, 0.3) is 10.4 Å². The quantitative estimate of drug-likeness (QED) is 0.346. The van der Waals surface area contributed by atoms with Crippen LogP contribution in [0.4, 0.5) is 0 Å². The van der Waals surface area contributed by atoms with Crippen LogP contribution >= 0.6 is 0 Å². The third-order valence-corrected chi connectivity index (χ3v) is 2.18. The lowest BCUT2D eigenvalue weighted by atomic mass is 10.0. The van der Waals surface area contributed by atoms with Crippen LogP contribution in [0.15, 0.2) is 5.11 Å². The third kappa shape index (κ3) is 1.15. The molecule has 6 heteroatoms. The molecule has 2 aliphatic rings. The molecule has 2 aliphatic heterocycles. The molecule has 0 aliphatic carbocycles. The lowest BCUT2D eigenvalue weighted by Gasteiger charge is -2.28. The van der Waals surface area contributed by atoms with Gasteiger partial charge in [-0.2, -0.15) is 0 Å². The SMILES string of the molecule is [N-]=[N+]=N[C@H]1C[C@@H]2OC[C@@H](O2)[C@@H]1O. The molecule has 66 valence electrons. The van der Waals surface area contributed by atoms with Gasteiger partial charge in [0.05, 0.1) is 18.8 Å². The molecule has 2 fully saturated rings. The molecule has 12 heavy (non-hydrogen) atoms. The molecule has 2 saturated heterocycles. The van der Waals surface area contributed by atoms with Crippen molar-refractivity contribution in [3.05, 3.63) is 10.4 Å². The maximum atomic E-state index is 9.52. The number of aliphatic hydroxyl groups is 1. The zero-order valence-corrected chi connectivity index (χ0v) is 6.33. The van der Waals surface area contributed by atoms with Crippen LogP contribution in [0.1, 0.15) is 6.42 Å². The van der Waals surface area contributed by atoms with E-state index in [2.05, 4.69) is 10.0 Å². The average molecular weight is 171 g/mol. The van der Waals surface area contributed by atoms with Crippen molar-refractivity contribution in [1.29, 1.82) is 0 Å². The first kappa shape index (κ1) is 7.82. The van der Waals surface area contributed by atoms with Gasteiger partial charge in [0.1, 0.15) is 6.10 Å². The van der Waals surface area contributed by atoms with E-state index in [0.717, 1.165) is 0 Å². The molecular formula is C6H9N3O3. The molecule has 2 heterocycles. The molecule has 0 spiro atoms. The molecule has 2 bridgehead atoms. The molecule has 0 unspecified atom stereocenters. The second-order valence-electron chi connectivity index (χ2n) is 2.94. The minimum Gasteiger partial charge on any atom is -0.390 e. The summed E-state index contributed by atoms with van der Waals surface area (Å²) in [6, 6.07) is -0.402. The van der Waals surface area contributed by atoms with E-state index in [1.54, 1.807) is 0 Å².